The highest BCUT2D eigenvalue weighted by molar-refractivity contribution is 6.20. The van der Waals surface area contributed by atoms with Crippen LogP contribution in [-0.2, 0) is 18.1 Å². The maximum atomic E-state index is 13.2. The van der Waals surface area contributed by atoms with Gasteiger partial charge in [-0.2, -0.15) is 0 Å². The van der Waals surface area contributed by atoms with Crippen molar-refractivity contribution in [1.82, 2.24) is 15.0 Å². The highest BCUT2D eigenvalue weighted by Crippen LogP contribution is 2.33. The number of benzene rings is 5. The lowest BCUT2D eigenvalue weighted by atomic mass is 10.0. The first kappa shape index (κ1) is 30.0. The molecule has 0 spiro atoms. The van der Waals surface area contributed by atoms with Gasteiger partial charge in [-0.15, -0.1) is 5.06 Å². The molecule has 1 aliphatic rings. The first-order chi connectivity index (χ1) is 24.1. The molecule has 0 aliphatic carbocycles. The number of hydrogen-bond donors (Lipinski definition) is 0. The van der Waals surface area contributed by atoms with Crippen LogP contribution in [0.4, 0.5) is 0 Å². The van der Waals surface area contributed by atoms with E-state index in [0.29, 0.717) is 35.8 Å². The Morgan fingerprint density at radius 2 is 0.918 bits per heavy atom. The van der Waals surface area contributed by atoms with Gasteiger partial charge in [-0.25, -0.2) is 14.8 Å². The van der Waals surface area contributed by atoms with Gasteiger partial charge in [0.25, 0.3) is 11.8 Å². The Morgan fingerprint density at radius 1 is 0.490 bits per heavy atom. The predicted molar refractivity (Wildman–Crippen MR) is 185 cm³/mol. The van der Waals surface area contributed by atoms with Gasteiger partial charge in [-0.3, -0.25) is 9.59 Å². The van der Waals surface area contributed by atoms with E-state index >= 15 is 0 Å². The minimum absolute atomic E-state index is 0.301. The minimum Gasteiger partial charge on any atom is -0.487 e. The Morgan fingerprint density at radius 3 is 1.39 bits per heavy atom. The molecule has 2 amide bonds. The van der Waals surface area contributed by atoms with Gasteiger partial charge in [0.15, 0.2) is 0 Å². The summed E-state index contributed by atoms with van der Waals surface area (Å²) < 4.78 is 12.1. The predicted octanol–water partition coefficient (Wildman–Crippen LogP) is 8.26. The third-order valence-corrected chi connectivity index (χ3v) is 8.42. The normalized spacial score (nSPS) is 12.6. The zero-order valence-corrected chi connectivity index (χ0v) is 26.2. The van der Waals surface area contributed by atoms with Crippen molar-refractivity contribution in [1.29, 1.82) is 0 Å². The summed E-state index contributed by atoms with van der Waals surface area (Å²) in [6, 6.07) is 45.4. The highest BCUT2D eigenvalue weighted by atomic mass is 16.7. The van der Waals surface area contributed by atoms with Crippen molar-refractivity contribution in [3.05, 3.63) is 179 Å². The molecule has 2 aromatic heterocycles. The van der Waals surface area contributed by atoms with Crippen LogP contribution in [0.2, 0.25) is 0 Å². The molecule has 0 fully saturated rings. The van der Waals surface area contributed by atoms with Gasteiger partial charge in [-0.1, -0.05) is 84.9 Å². The largest absolute Gasteiger partial charge is 0.487 e. The number of ether oxygens (including phenoxy) is 2. The number of rotatable bonds is 10. The fraction of sp³-hybridized carbons (Fsp3) is 0.0732. The van der Waals surface area contributed by atoms with E-state index in [4.69, 9.17) is 14.3 Å². The number of hydroxylamine groups is 2. The molecule has 238 valence electrons. The fourth-order valence-electron chi connectivity index (χ4n) is 5.85. The Kier molecular flexibility index (Phi) is 7.97. The smallest absolute Gasteiger partial charge is 0.285 e. The van der Waals surface area contributed by atoms with Crippen LogP contribution < -0.4 is 9.47 Å². The quantitative estimate of drug-likeness (QED) is 0.139. The van der Waals surface area contributed by atoms with Crippen molar-refractivity contribution in [2.45, 2.75) is 19.3 Å². The van der Waals surface area contributed by atoms with Crippen LogP contribution in [0.5, 0.6) is 11.5 Å². The van der Waals surface area contributed by atoms with E-state index in [-0.39, 0.29) is 0 Å². The fourth-order valence-corrected chi connectivity index (χ4v) is 5.85. The average Bonchev–Trinajstić information content (AvgIpc) is 3.40. The molecule has 0 N–H and O–H groups in total. The van der Waals surface area contributed by atoms with Gasteiger partial charge in [0.05, 0.1) is 33.5 Å². The topological polar surface area (TPSA) is 90.9 Å². The van der Waals surface area contributed by atoms with Crippen LogP contribution in [0, 0.1) is 0 Å². The molecule has 8 heteroatoms. The van der Waals surface area contributed by atoms with Gasteiger partial charge in [0, 0.05) is 10.8 Å². The number of carbonyl (C=O) groups is 2. The SMILES string of the molecule is O=C1c2ccccc2C(=O)N1OC(c1ccc(OCc2ccc3ccccc3n2)cc1)c1ccc(OCc2ccc3ccccc3n2)cc1. The van der Waals surface area contributed by atoms with E-state index in [9.17, 15) is 9.59 Å². The Hall–Kier alpha value is -6.38. The van der Waals surface area contributed by atoms with Crippen molar-refractivity contribution in [2.75, 3.05) is 0 Å². The van der Waals surface area contributed by atoms with Crippen molar-refractivity contribution < 1.29 is 23.9 Å². The van der Waals surface area contributed by atoms with Gasteiger partial charge < -0.3 is 9.47 Å². The highest BCUT2D eigenvalue weighted by Gasteiger charge is 2.38. The van der Waals surface area contributed by atoms with Crippen LogP contribution in [0.25, 0.3) is 21.8 Å². The maximum Gasteiger partial charge on any atom is 0.285 e. The minimum atomic E-state index is -0.783. The molecule has 0 bridgehead atoms. The molecule has 0 saturated carbocycles. The second-order valence-electron chi connectivity index (χ2n) is 11.6. The zero-order chi connectivity index (χ0) is 33.2. The van der Waals surface area contributed by atoms with E-state index in [2.05, 4.69) is 9.97 Å². The number of pyridine rings is 2. The van der Waals surface area contributed by atoms with E-state index in [1.54, 1.807) is 24.3 Å². The molecule has 8 rings (SSSR count). The summed E-state index contributed by atoms with van der Waals surface area (Å²) in [6.07, 6.45) is -0.783. The number of hydrogen-bond acceptors (Lipinski definition) is 7. The second kappa shape index (κ2) is 13.0. The number of aromatic nitrogens is 2. The molecule has 0 saturated heterocycles. The van der Waals surface area contributed by atoms with Crippen LogP contribution in [-0.4, -0.2) is 26.8 Å². The molecule has 3 heterocycles. The van der Waals surface area contributed by atoms with Crippen molar-refractivity contribution >= 4 is 33.6 Å². The lowest BCUT2D eigenvalue weighted by Crippen LogP contribution is -2.32. The first-order valence-electron chi connectivity index (χ1n) is 15.9. The summed E-state index contributed by atoms with van der Waals surface area (Å²) in [5.74, 6) is 0.279. The van der Waals surface area contributed by atoms with Gasteiger partial charge in [0.1, 0.15) is 30.8 Å². The molecular formula is C41H29N3O5. The molecule has 8 nitrogen and oxygen atoms in total. The third-order valence-electron chi connectivity index (χ3n) is 8.42. The molecule has 49 heavy (non-hydrogen) atoms. The maximum absolute atomic E-state index is 13.2. The summed E-state index contributed by atoms with van der Waals surface area (Å²) in [6.45, 7) is 0.602. The van der Waals surface area contributed by atoms with Crippen molar-refractivity contribution in [3.63, 3.8) is 0 Å². The van der Waals surface area contributed by atoms with Gasteiger partial charge in [0.2, 0.25) is 0 Å². The summed E-state index contributed by atoms with van der Waals surface area (Å²) in [5.41, 5.74) is 5.51. The van der Waals surface area contributed by atoms with Crippen LogP contribution in [0.15, 0.2) is 146 Å². The lowest BCUT2D eigenvalue weighted by Gasteiger charge is -2.23. The van der Waals surface area contributed by atoms with E-state index in [0.717, 1.165) is 49.4 Å². The molecule has 0 unspecified atom stereocenters. The molecule has 5 aromatic carbocycles. The van der Waals surface area contributed by atoms with Crippen LogP contribution >= 0.6 is 0 Å². The molecule has 1 aliphatic heterocycles. The number of carbonyl (C=O) groups excluding carboxylic acids is 2. The van der Waals surface area contributed by atoms with E-state index in [1.807, 2.05) is 121 Å². The van der Waals surface area contributed by atoms with Crippen molar-refractivity contribution in [3.8, 4) is 11.5 Å². The summed E-state index contributed by atoms with van der Waals surface area (Å²) in [5, 5.41) is 2.99. The van der Waals surface area contributed by atoms with E-state index in [1.165, 1.54) is 0 Å². The monoisotopic (exact) mass is 643 g/mol. The number of fused-ring (bicyclic) bond motifs is 3. The van der Waals surface area contributed by atoms with E-state index < -0.39 is 17.9 Å². The number of para-hydroxylation sites is 2. The van der Waals surface area contributed by atoms with Crippen LogP contribution in [0.1, 0.15) is 49.3 Å². The number of imide groups is 1. The molecular weight excluding hydrogens is 614 g/mol. The first-order valence-corrected chi connectivity index (χ1v) is 15.9. The third kappa shape index (κ3) is 6.20. The Balaban J connectivity index is 1.01. The lowest BCUT2D eigenvalue weighted by molar-refractivity contribution is -0.120. The van der Waals surface area contributed by atoms with Crippen molar-refractivity contribution in [2.24, 2.45) is 0 Å². The zero-order valence-electron chi connectivity index (χ0n) is 26.2. The second-order valence-corrected chi connectivity index (χ2v) is 11.6. The number of amides is 2. The Labute approximate surface area is 282 Å². The summed E-state index contributed by atoms with van der Waals surface area (Å²) >= 11 is 0. The summed E-state index contributed by atoms with van der Waals surface area (Å²) in [4.78, 5) is 42.1. The Bertz CT molecular complexity index is 2160. The molecule has 0 atom stereocenters. The average molecular weight is 644 g/mol. The molecule has 7 aromatic rings. The standard InChI is InChI=1S/C41H29N3O5/c45-40-35-9-3-4-10-36(35)41(46)44(40)49-39(29-15-21-33(22-16-29)47-25-31-19-13-27-7-1-5-11-37(27)42-31)30-17-23-34(24-18-30)48-26-32-20-14-28-8-2-6-12-38(28)43-32/h1-24,39H,25-26H2. The van der Waals surface area contributed by atoms with Gasteiger partial charge >= 0.3 is 0 Å². The van der Waals surface area contributed by atoms with Gasteiger partial charge in [-0.05, 0) is 71.8 Å². The summed E-state index contributed by atoms with van der Waals surface area (Å²) in [7, 11) is 0. The molecule has 0 radical (unpaired) electrons. The number of nitrogens with zero attached hydrogens (tertiary/aromatic N) is 3. The van der Waals surface area contributed by atoms with Crippen LogP contribution in [0.3, 0.4) is 0 Å².